The van der Waals surface area contributed by atoms with Crippen molar-refractivity contribution in [1.29, 1.82) is 0 Å². The van der Waals surface area contributed by atoms with Crippen molar-refractivity contribution in [3.63, 3.8) is 0 Å². The number of hydrogen-bond acceptors (Lipinski definition) is 11. The Kier molecular flexibility index (Phi) is 63.8. The standard InChI is InChI=1S/C72H138N2O9/c1-7-13-19-23-34-45-63-80-70(81-64-46-35-24-20-14-8-2)54-53-69(76)79-62-44-38-33-43-57-74(60-61-75)59-58-73(55-41-31-27-25-29-36-47-65-82-71(77)67(49-17-11-5)51-39-21-15-9-3)56-42-32-28-26-30-37-48-66-83-72(78)68(50-18-12-6)52-40-22-16-10-4/h13-14,19-20,67-68,70,75H,7-12,15-18,21-66H2,1-6H3/b19-13-,20-14-. The first kappa shape index (κ1) is 80.7. The van der Waals surface area contributed by atoms with Gasteiger partial charge in [0.25, 0.3) is 0 Å². The van der Waals surface area contributed by atoms with Crippen molar-refractivity contribution < 1.29 is 43.2 Å². The first-order valence-corrected chi connectivity index (χ1v) is 35.9. The summed E-state index contributed by atoms with van der Waals surface area (Å²) in [7, 11) is 0. The van der Waals surface area contributed by atoms with Crippen LogP contribution in [-0.2, 0) is 38.1 Å². The lowest BCUT2D eigenvalue weighted by Crippen LogP contribution is -2.38. The van der Waals surface area contributed by atoms with Crippen LogP contribution in [0.4, 0.5) is 0 Å². The number of rotatable bonds is 67. The summed E-state index contributed by atoms with van der Waals surface area (Å²) in [5, 5.41) is 10.0. The van der Waals surface area contributed by atoms with E-state index in [0.29, 0.717) is 52.4 Å². The topological polar surface area (TPSA) is 124 Å². The fourth-order valence-electron chi connectivity index (χ4n) is 10.8. The number of aliphatic hydroxyl groups excluding tert-OH is 1. The molecule has 0 spiro atoms. The summed E-state index contributed by atoms with van der Waals surface area (Å²) in [6, 6.07) is 0. The Morgan fingerprint density at radius 3 is 1.10 bits per heavy atom. The lowest BCUT2D eigenvalue weighted by Gasteiger charge is -2.27. The summed E-state index contributed by atoms with van der Waals surface area (Å²) in [5.74, 6) is 0.0686. The normalized spacial score (nSPS) is 12.7. The Morgan fingerprint density at radius 1 is 0.349 bits per heavy atom. The fraction of sp³-hybridized carbons (Fsp3) is 0.903. The number of carbonyl (C=O) groups excluding carboxylic acids is 3. The summed E-state index contributed by atoms with van der Waals surface area (Å²) in [6.07, 6.45) is 56.2. The van der Waals surface area contributed by atoms with Gasteiger partial charge in [0.05, 0.1) is 44.7 Å². The van der Waals surface area contributed by atoms with Crippen molar-refractivity contribution in [2.75, 3.05) is 78.9 Å². The van der Waals surface area contributed by atoms with Gasteiger partial charge in [-0.1, -0.05) is 220 Å². The zero-order chi connectivity index (χ0) is 60.6. The minimum absolute atomic E-state index is 0.0405. The molecule has 0 radical (unpaired) electrons. The largest absolute Gasteiger partial charge is 0.466 e. The summed E-state index contributed by atoms with van der Waals surface area (Å²) < 4.78 is 29.5. The summed E-state index contributed by atoms with van der Waals surface area (Å²) >= 11 is 0. The summed E-state index contributed by atoms with van der Waals surface area (Å²) in [6.45, 7) is 22.1. The molecule has 0 saturated heterocycles. The zero-order valence-electron chi connectivity index (χ0n) is 55.7. The van der Waals surface area contributed by atoms with Gasteiger partial charge in [0.15, 0.2) is 6.29 Å². The second-order valence-corrected chi connectivity index (χ2v) is 24.2. The number of ether oxygens (including phenoxy) is 5. The summed E-state index contributed by atoms with van der Waals surface area (Å²) in [4.78, 5) is 43.6. The van der Waals surface area contributed by atoms with Crippen LogP contribution in [0.3, 0.4) is 0 Å². The monoisotopic (exact) mass is 1180 g/mol. The molecular weight excluding hydrogens is 1040 g/mol. The predicted octanol–water partition coefficient (Wildman–Crippen LogP) is 19.2. The van der Waals surface area contributed by atoms with Crippen LogP contribution in [0.5, 0.6) is 0 Å². The van der Waals surface area contributed by atoms with Gasteiger partial charge in [-0.05, 0) is 135 Å². The third kappa shape index (κ3) is 56.0. The maximum Gasteiger partial charge on any atom is 0.308 e. The molecule has 2 unspecified atom stereocenters. The SMILES string of the molecule is CC/C=C\CCCCOC(CCC(=O)OCCCCCCN(CCO)CCN(CCCCCCCCCOC(=O)C(CCCC)CCCCCC)CCCCCCCCCOC(=O)C(CCCC)CCCCCC)OCCCC/C=C\CC. The van der Waals surface area contributed by atoms with Crippen molar-refractivity contribution in [3.8, 4) is 0 Å². The number of esters is 3. The smallest absolute Gasteiger partial charge is 0.308 e. The highest BCUT2D eigenvalue weighted by molar-refractivity contribution is 5.72. The first-order chi connectivity index (χ1) is 40.8. The van der Waals surface area contributed by atoms with Crippen LogP contribution in [0.25, 0.3) is 0 Å². The number of unbranched alkanes of at least 4 members (excludes halogenated alkanes) is 27. The third-order valence-electron chi connectivity index (χ3n) is 16.3. The third-order valence-corrected chi connectivity index (χ3v) is 16.3. The molecule has 490 valence electrons. The number of allylic oxidation sites excluding steroid dienone is 4. The van der Waals surface area contributed by atoms with Crippen LogP contribution in [0.15, 0.2) is 24.3 Å². The molecule has 0 aliphatic rings. The predicted molar refractivity (Wildman–Crippen MR) is 351 cm³/mol. The van der Waals surface area contributed by atoms with Gasteiger partial charge >= 0.3 is 17.9 Å². The highest BCUT2D eigenvalue weighted by Gasteiger charge is 2.21. The van der Waals surface area contributed by atoms with E-state index in [1.165, 1.54) is 103 Å². The minimum Gasteiger partial charge on any atom is -0.466 e. The molecule has 11 heteroatoms. The molecule has 0 aromatic rings. The van der Waals surface area contributed by atoms with Gasteiger partial charge in [-0.2, -0.15) is 0 Å². The van der Waals surface area contributed by atoms with Crippen molar-refractivity contribution in [1.82, 2.24) is 9.80 Å². The molecule has 0 bridgehead atoms. The van der Waals surface area contributed by atoms with Crippen molar-refractivity contribution in [3.05, 3.63) is 24.3 Å². The first-order valence-electron chi connectivity index (χ1n) is 35.9. The highest BCUT2D eigenvalue weighted by atomic mass is 16.7. The van der Waals surface area contributed by atoms with Crippen LogP contribution in [0, 0.1) is 11.8 Å². The van der Waals surface area contributed by atoms with E-state index < -0.39 is 0 Å². The van der Waals surface area contributed by atoms with E-state index in [1.54, 1.807) is 0 Å². The van der Waals surface area contributed by atoms with Crippen LogP contribution < -0.4 is 0 Å². The number of hydrogen-bond donors (Lipinski definition) is 1. The van der Waals surface area contributed by atoms with E-state index in [0.717, 1.165) is 200 Å². The van der Waals surface area contributed by atoms with E-state index in [2.05, 4.69) is 75.6 Å². The average Bonchev–Trinajstić information content (AvgIpc) is 3.49. The van der Waals surface area contributed by atoms with Crippen molar-refractivity contribution in [2.24, 2.45) is 11.8 Å². The Bertz CT molecular complexity index is 1350. The molecule has 0 fully saturated rings. The van der Waals surface area contributed by atoms with Crippen LogP contribution in [-0.4, -0.2) is 118 Å². The minimum atomic E-state index is -0.375. The second-order valence-electron chi connectivity index (χ2n) is 24.2. The van der Waals surface area contributed by atoms with Gasteiger partial charge in [-0.15, -0.1) is 0 Å². The molecule has 2 atom stereocenters. The van der Waals surface area contributed by atoms with E-state index in [4.69, 9.17) is 23.7 Å². The molecule has 1 N–H and O–H groups in total. The molecule has 0 saturated carbocycles. The van der Waals surface area contributed by atoms with E-state index in [9.17, 15) is 19.5 Å². The van der Waals surface area contributed by atoms with Gasteiger partial charge in [-0.25, -0.2) is 0 Å². The lowest BCUT2D eigenvalue weighted by molar-refractivity contribution is -0.159. The Hall–Kier alpha value is -2.31. The summed E-state index contributed by atoms with van der Waals surface area (Å²) in [5.41, 5.74) is 0. The van der Waals surface area contributed by atoms with Crippen molar-refractivity contribution in [2.45, 2.75) is 330 Å². The van der Waals surface area contributed by atoms with Crippen LogP contribution in [0.1, 0.15) is 324 Å². The van der Waals surface area contributed by atoms with Gasteiger partial charge in [0, 0.05) is 39.3 Å². The average molecular weight is 1180 g/mol. The van der Waals surface area contributed by atoms with Gasteiger partial charge in [0.1, 0.15) is 0 Å². The molecule has 83 heavy (non-hydrogen) atoms. The maximum absolute atomic E-state index is 12.9. The quantitative estimate of drug-likeness (QED) is 0.0206. The van der Waals surface area contributed by atoms with Crippen molar-refractivity contribution >= 4 is 17.9 Å². The number of carbonyl (C=O) groups is 3. The molecule has 0 aliphatic carbocycles. The molecule has 0 aromatic carbocycles. The fourth-order valence-corrected chi connectivity index (χ4v) is 10.8. The van der Waals surface area contributed by atoms with Crippen LogP contribution in [0.2, 0.25) is 0 Å². The van der Waals surface area contributed by atoms with E-state index in [1.807, 2.05) is 0 Å². The number of nitrogens with zero attached hydrogens (tertiary/aromatic N) is 2. The molecule has 0 rings (SSSR count). The van der Waals surface area contributed by atoms with Crippen LogP contribution >= 0.6 is 0 Å². The second kappa shape index (κ2) is 65.7. The van der Waals surface area contributed by atoms with E-state index >= 15 is 0 Å². The highest BCUT2D eigenvalue weighted by Crippen LogP contribution is 2.22. The maximum atomic E-state index is 12.9. The lowest BCUT2D eigenvalue weighted by atomic mass is 9.95. The molecule has 0 aliphatic heterocycles. The van der Waals surface area contributed by atoms with Gasteiger partial charge in [-0.3, -0.25) is 19.3 Å². The Balaban J connectivity index is 4.94. The Labute approximate surface area is 514 Å². The van der Waals surface area contributed by atoms with Gasteiger partial charge in [0.2, 0.25) is 0 Å². The van der Waals surface area contributed by atoms with Gasteiger partial charge < -0.3 is 33.7 Å². The molecule has 0 amide bonds. The molecule has 11 nitrogen and oxygen atoms in total. The number of aliphatic hydroxyl groups is 1. The molecular formula is C72H138N2O9. The molecule has 0 aromatic heterocycles. The zero-order valence-corrected chi connectivity index (χ0v) is 55.7. The van der Waals surface area contributed by atoms with E-state index in [-0.39, 0.29) is 42.6 Å². The molecule has 0 heterocycles. The Morgan fingerprint density at radius 2 is 0.699 bits per heavy atom.